The van der Waals surface area contributed by atoms with Crippen LogP contribution in [0.1, 0.15) is 0 Å². The van der Waals surface area contributed by atoms with Gasteiger partial charge in [0.2, 0.25) is 0 Å². The van der Waals surface area contributed by atoms with E-state index in [-0.39, 0.29) is 6.01 Å². The molecule has 0 unspecified atom stereocenters. The average molecular weight is 434 g/mol. The molecule has 0 amide bonds. The van der Waals surface area contributed by atoms with Crippen LogP contribution in [0.15, 0.2) is 47.0 Å². The van der Waals surface area contributed by atoms with E-state index in [1.54, 1.807) is 0 Å². The van der Waals surface area contributed by atoms with Gasteiger partial charge in [0.15, 0.2) is 18.7 Å². The van der Waals surface area contributed by atoms with Crippen molar-refractivity contribution < 1.29 is 19.6 Å². The van der Waals surface area contributed by atoms with Gasteiger partial charge in [0.25, 0.3) is 6.01 Å². The van der Waals surface area contributed by atoms with E-state index >= 15 is 0 Å². The number of rotatable bonds is 3. The molecule has 0 saturated carbocycles. The van der Waals surface area contributed by atoms with Gasteiger partial charge in [-0.2, -0.15) is 15.4 Å². The molecule has 2 aliphatic rings. The first-order chi connectivity index (χ1) is 15.4. The lowest BCUT2D eigenvalue weighted by molar-refractivity contribution is -1.25. The molecule has 2 fully saturated rings. The second kappa shape index (κ2) is 7.10. The highest BCUT2D eigenvalue weighted by Gasteiger charge is 2.39. The third kappa shape index (κ3) is 3.43. The van der Waals surface area contributed by atoms with Crippen LogP contribution < -0.4 is 10.6 Å². The Bertz CT molecular complexity index is 1310. The summed E-state index contributed by atoms with van der Waals surface area (Å²) in [5.74, 6) is 0.858. The molecule has 32 heavy (non-hydrogen) atoms. The Morgan fingerprint density at radius 1 is 0.938 bits per heavy atom. The Morgan fingerprint density at radius 3 is 2.44 bits per heavy atom. The molecular formula is C22H24N7O3+. The number of quaternary nitrogens is 1. The number of anilines is 2. The summed E-state index contributed by atoms with van der Waals surface area (Å²) in [4.78, 5) is 17.3. The van der Waals surface area contributed by atoms with Crippen LogP contribution in [-0.2, 0) is 0 Å². The molecule has 164 valence electrons. The lowest BCUT2D eigenvalue weighted by Gasteiger charge is -2.47. The summed E-state index contributed by atoms with van der Waals surface area (Å²) in [5.41, 5.74) is 10.8. The molecule has 4 heterocycles. The van der Waals surface area contributed by atoms with Gasteiger partial charge < -0.3 is 15.1 Å². The third-order valence-corrected chi connectivity index (χ3v) is 6.46. The highest BCUT2D eigenvalue weighted by Crippen LogP contribution is 2.29. The molecule has 4 N–H and O–H groups in total. The monoisotopic (exact) mass is 434 g/mol. The molecule has 4 aromatic rings. The van der Waals surface area contributed by atoms with Gasteiger partial charge in [-0.25, -0.2) is 4.98 Å². The van der Waals surface area contributed by atoms with Crippen LogP contribution in [0, 0.1) is 0 Å². The SMILES string of the molecule is Nc1nc2cc(-c3ccc4ncc(N5CC(N6CC[N+](O)(O)CC6)C5)nc4c3)ccc2o1. The van der Waals surface area contributed by atoms with E-state index in [2.05, 4.69) is 19.8 Å². The van der Waals surface area contributed by atoms with Gasteiger partial charge >= 0.3 is 0 Å². The molecule has 10 heteroatoms. The quantitative estimate of drug-likeness (QED) is 0.416. The predicted molar refractivity (Wildman–Crippen MR) is 118 cm³/mol. The number of nitrogens with zero attached hydrogens (tertiary/aromatic N) is 6. The van der Waals surface area contributed by atoms with E-state index in [1.807, 2.05) is 42.6 Å². The van der Waals surface area contributed by atoms with E-state index in [0.717, 1.165) is 46.6 Å². The maximum Gasteiger partial charge on any atom is 0.292 e. The minimum atomic E-state index is -0.873. The highest BCUT2D eigenvalue weighted by atomic mass is 16.8. The Hall–Kier alpha value is -3.31. The maximum absolute atomic E-state index is 9.68. The zero-order valence-electron chi connectivity index (χ0n) is 17.4. The van der Waals surface area contributed by atoms with Gasteiger partial charge in [0, 0.05) is 19.1 Å². The fourth-order valence-corrected chi connectivity index (χ4v) is 4.50. The maximum atomic E-state index is 9.68. The normalized spacial score (nSPS) is 19.5. The number of benzene rings is 2. The van der Waals surface area contributed by atoms with E-state index in [1.165, 1.54) is 0 Å². The summed E-state index contributed by atoms with van der Waals surface area (Å²) in [6.07, 6.45) is 1.82. The summed E-state index contributed by atoms with van der Waals surface area (Å²) in [6, 6.07) is 12.4. The van der Waals surface area contributed by atoms with Crippen LogP contribution in [0.2, 0.25) is 0 Å². The number of nitrogens with two attached hydrogens (primary N) is 1. The van der Waals surface area contributed by atoms with E-state index < -0.39 is 4.81 Å². The molecule has 0 radical (unpaired) electrons. The molecule has 0 spiro atoms. The van der Waals surface area contributed by atoms with Gasteiger partial charge in [-0.15, -0.1) is 0 Å². The van der Waals surface area contributed by atoms with Crippen LogP contribution >= 0.6 is 0 Å². The number of nitrogen functional groups attached to an aromatic ring is 1. The highest BCUT2D eigenvalue weighted by molar-refractivity contribution is 5.86. The Balaban J connectivity index is 1.21. The van der Waals surface area contributed by atoms with Crippen molar-refractivity contribution in [3.63, 3.8) is 0 Å². The smallest absolute Gasteiger partial charge is 0.292 e. The Labute approximate surface area is 183 Å². The number of fused-ring (bicyclic) bond motifs is 2. The molecule has 0 aliphatic carbocycles. The van der Waals surface area contributed by atoms with Crippen LogP contribution in [0.4, 0.5) is 11.8 Å². The van der Waals surface area contributed by atoms with E-state index in [4.69, 9.17) is 15.1 Å². The van der Waals surface area contributed by atoms with Crippen LogP contribution in [0.5, 0.6) is 0 Å². The number of hydrogen-bond acceptors (Lipinski definition) is 9. The van der Waals surface area contributed by atoms with Gasteiger partial charge in [-0.1, -0.05) is 12.1 Å². The van der Waals surface area contributed by atoms with Crippen LogP contribution in [0.25, 0.3) is 33.3 Å². The number of hydroxylamine groups is 4. The third-order valence-electron chi connectivity index (χ3n) is 6.46. The summed E-state index contributed by atoms with van der Waals surface area (Å²) in [6.45, 7) is 3.76. The molecule has 10 nitrogen and oxygen atoms in total. The van der Waals surface area contributed by atoms with Gasteiger partial charge in [-0.05, 0) is 40.2 Å². The number of oxazole rings is 1. The standard InChI is InChI=1S/C22H24N7O3/c23-22-26-19-10-15(2-4-20(19)32-22)14-1-3-17-18(9-14)25-21(11-24-17)28-12-16(13-28)27-5-7-29(30,31)8-6-27/h1-4,9-11,16,30-31H,5-8,12-13H2,(H2,23,26)/q+1. The lowest BCUT2D eigenvalue weighted by Crippen LogP contribution is -2.65. The second-order valence-corrected chi connectivity index (χ2v) is 8.59. The molecular weight excluding hydrogens is 410 g/mol. The second-order valence-electron chi connectivity index (χ2n) is 8.59. The molecule has 2 aliphatic heterocycles. The van der Waals surface area contributed by atoms with E-state index in [9.17, 15) is 10.4 Å². The van der Waals surface area contributed by atoms with Crippen molar-refractivity contribution in [2.24, 2.45) is 0 Å². The first-order valence-corrected chi connectivity index (χ1v) is 10.7. The number of aromatic nitrogens is 3. The van der Waals surface area contributed by atoms with Crippen molar-refractivity contribution in [3.05, 3.63) is 42.6 Å². The van der Waals surface area contributed by atoms with Crippen LogP contribution in [0.3, 0.4) is 0 Å². The summed E-state index contributed by atoms with van der Waals surface area (Å²) >= 11 is 0. The summed E-state index contributed by atoms with van der Waals surface area (Å²) in [5, 5.41) is 19.4. The Morgan fingerprint density at radius 2 is 1.66 bits per heavy atom. The number of hydrogen-bond donors (Lipinski definition) is 3. The fraction of sp³-hybridized carbons (Fsp3) is 0.318. The van der Waals surface area contributed by atoms with Crippen LogP contribution in [-0.4, -0.2) is 80.4 Å². The minimum absolute atomic E-state index is 0.162. The van der Waals surface area contributed by atoms with Crippen molar-refractivity contribution in [2.45, 2.75) is 6.04 Å². The molecule has 6 rings (SSSR count). The Kier molecular flexibility index (Phi) is 4.30. The van der Waals surface area contributed by atoms with Crippen molar-refractivity contribution in [1.29, 1.82) is 0 Å². The topological polar surface area (TPSA) is 125 Å². The lowest BCUT2D eigenvalue weighted by atomic mass is 10.0. The molecule has 0 bridgehead atoms. The van der Waals surface area contributed by atoms with Crippen molar-refractivity contribution in [1.82, 2.24) is 19.9 Å². The molecule has 2 aromatic carbocycles. The van der Waals surface area contributed by atoms with Crippen molar-refractivity contribution >= 4 is 34.0 Å². The van der Waals surface area contributed by atoms with Crippen molar-refractivity contribution in [2.75, 3.05) is 49.9 Å². The predicted octanol–water partition coefficient (Wildman–Crippen LogP) is 2.12. The zero-order valence-corrected chi connectivity index (χ0v) is 17.4. The molecule has 0 atom stereocenters. The average Bonchev–Trinajstić information content (AvgIpc) is 3.12. The van der Waals surface area contributed by atoms with Gasteiger partial charge in [0.1, 0.15) is 11.3 Å². The minimum Gasteiger partial charge on any atom is -0.424 e. The largest absolute Gasteiger partial charge is 0.424 e. The van der Waals surface area contributed by atoms with Crippen molar-refractivity contribution in [3.8, 4) is 11.1 Å². The zero-order chi connectivity index (χ0) is 21.9. The first-order valence-electron chi connectivity index (χ1n) is 10.7. The van der Waals surface area contributed by atoms with Gasteiger partial charge in [-0.3, -0.25) is 9.88 Å². The number of piperazine rings is 1. The summed E-state index contributed by atoms with van der Waals surface area (Å²) in [7, 11) is 0. The first kappa shape index (κ1) is 19.4. The van der Waals surface area contributed by atoms with E-state index in [0.29, 0.717) is 37.8 Å². The summed E-state index contributed by atoms with van der Waals surface area (Å²) < 4.78 is 5.36. The molecule has 2 aromatic heterocycles. The fourth-order valence-electron chi connectivity index (χ4n) is 4.50. The van der Waals surface area contributed by atoms with Gasteiger partial charge in [0.05, 0.1) is 30.3 Å². The molecule has 2 saturated heterocycles.